The van der Waals surface area contributed by atoms with Crippen molar-refractivity contribution in [2.24, 2.45) is 5.92 Å². The van der Waals surface area contributed by atoms with Gasteiger partial charge in [0.1, 0.15) is 5.75 Å². The molecule has 2 atom stereocenters. The molecule has 13 rings (SSSR count). The van der Waals surface area contributed by atoms with E-state index in [2.05, 4.69) is 174 Å². The Labute approximate surface area is 399 Å². The van der Waals surface area contributed by atoms with Gasteiger partial charge >= 0.3 is 0 Å². The lowest BCUT2D eigenvalue weighted by atomic mass is 9.79. The summed E-state index contributed by atoms with van der Waals surface area (Å²) in [6, 6.07) is 67.6. The molecule has 328 valence electrons. The van der Waals surface area contributed by atoms with Gasteiger partial charge in [-0.3, -0.25) is 0 Å². The van der Waals surface area contributed by atoms with Crippen LogP contribution in [0.25, 0.3) is 111 Å². The molecular formula is C63H45N5O. The van der Waals surface area contributed by atoms with Crippen LogP contribution in [0.1, 0.15) is 24.8 Å². The number of nitrogens with zero attached hydrogens (tertiary/aromatic N) is 5. The molecule has 6 heteroatoms. The standard InChI is InChI=1S/C63H45N5O/c1-39-31-32-40(2)53(68-55-35-33-41-17-11-12-24-47(41)58(55)52-37-43-20-9-10-21-44(43)38-56(52)68)36-34-46(39)59-50(27-16-30-57(59)69)62-64-61(42-18-5-3-6-19-42)65-63(66-62)51-28-15-26-49-48-25-13-14-29-54(48)67(60(49)51)45-22-7-4-8-23-45/h3-33,35-39,46,69H,2,34H2,1H3/b32-31-,53-36+. The Morgan fingerprint density at radius 1 is 0.522 bits per heavy atom. The van der Waals surface area contributed by atoms with Crippen LogP contribution in [0.4, 0.5) is 0 Å². The zero-order valence-electron chi connectivity index (χ0n) is 38.0. The van der Waals surface area contributed by atoms with Gasteiger partial charge in [-0.15, -0.1) is 0 Å². The fraction of sp³-hybridized carbons (Fsp3) is 0.0635. The Balaban J connectivity index is 1.01. The summed E-state index contributed by atoms with van der Waals surface area (Å²) in [6.07, 6.45) is 7.34. The Hall–Kier alpha value is -8.87. The van der Waals surface area contributed by atoms with Crippen molar-refractivity contribution >= 4 is 70.9 Å². The second kappa shape index (κ2) is 16.2. The van der Waals surface area contributed by atoms with Crippen molar-refractivity contribution in [1.29, 1.82) is 0 Å². The second-order valence-electron chi connectivity index (χ2n) is 18.2. The fourth-order valence-corrected chi connectivity index (χ4v) is 10.9. The Kier molecular flexibility index (Phi) is 9.47. The van der Waals surface area contributed by atoms with Gasteiger partial charge in [0.25, 0.3) is 0 Å². The highest BCUT2D eigenvalue weighted by atomic mass is 16.3. The van der Waals surface area contributed by atoms with Gasteiger partial charge in [0, 0.05) is 55.2 Å². The quantitative estimate of drug-likeness (QED) is 0.181. The summed E-state index contributed by atoms with van der Waals surface area (Å²) < 4.78 is 4.71. The molecule has 0 spiro atoms. The molecule has 1 aliphatic carbocycles. The summed E-state index contributed by atoms with van der Waals surface area (Å²) in [5, 5.41) is 21.7. The van der Waals surface area contributed by atoms with Crippen LogP contribution in [-0.4, -0.2) is 29.2 Å². The van der Waals surface area contributed by atoms with Crippen LogP contribution in [0.3, 0.4) is 0 Å². The lowest BCUT2D eigenvalue weighted by molar-refractivity contribution is 0.448. The summed E-state index contributed by atoms with van der Waals surface area (Å²) in [5.41, 5.74) is 10.7. The molecule has 0 saturated carbocycles. The second-order valence-corrected chi connectivity index (χ2v) is 18.2. The molecule has 0 saturated heterocycles. The topological polar surface area (TPSA) is 68.8 Å². The van der Waals surface area contributed by atoms with Gasteiger partial charge in [-0.2, -0.15) is 0 Å². The van der Waals surface area contributed by atoms with Gasteiger partial charge in [0.2, 0.25) is 0 Å². The number of hydrogen-bond donors (Lipinski definition) is 1. The van der Waals surface area contributed by atoms with Crippen LogP contribution in [-0.2, 0) is 0 Å². The van der Waals surface area contributed by atoms with E-state index in [0.717, 1.165) is 72.1 Å². The smallest absolute Gasteiger partial charge is 0.166 e. The first-order valence-corrected chi connectivity index (χ1v) is 23.6. The van der Waals surface area contributed by atoms with Crippen LogP contribution in [0.15, 0.2) is 225 Å². The van der Waals surface area contributed by atoms with Crippen molar-refractivity contribution in [3.05, 3.63) is 230 Å². The van der Waals surface area contributed by atoms with Gasteiger partial charge < -0.3 is 14.2 Å². The van der Waals surface area contributed by atoms with E-state index in [9.17, 15) is 5.11 Å². The average molecular weight is 888 g/mol. The lowest BCUT2D eigenvalue weighted by Gasteiger charge is -2.27. The third kappa shape index (κ3) is 6.59. The van der Waals surface area contributed by atoms with Gasteiger partial charge in [0.05, 0.1) is 22.1 Å². The molecule has 3 heterocycles. The molecule has 2 unspecified atom stereocenters. The minimum Gasteiger partial charge on any atom is -0.508 e. The van der Waals surface area contributed by atoms with Crippen molar-refractivity contribution in [2.75, 3.05) is 0 Å². The van der Waals surface area contributed by atoms with E-state index in [-0.39, 0.29) is 17.6 Å². The number of phenols is 1. The predicted octanol–water partition coefficient (Wildman–Crippen LogP) is 15.9. The highest BCUT2D eigenvalue weighted by Crippen LogP contribution is 2.46. The first-order valence-electron chi connectivity index (χ1n) is 23.6. The number of fused-ring (bicyclic) bond motifs is 9. The Morgan fingerprint density at radius 3 is 1.97 bits per heavy atom. The average Bonchev–Trinajstić information content (AvgIpc) is 3.91. The minimum atomic E-state index is -0.153. The van der Waals surface area contributed by atoms with Crippen LogP contribution in [0.5, 0.6) is 5.75 Å². The molecule has 69 heavy (non-hydrogen) atoms. The maximum atomic E-state index is 12.2. The zero-order valence-corrected chi connectivity index (χ0v) is 38.0. The maximum absolute atomic E-state index is 12.2. The molecule has 0 amide bonds. The van der Waals surface area contributed by atoms with E-state index in [1.807, 2.05) is 48.5 Å². The van der Waals surface area contributed by atoms with Crippen LogP contribution in [0, 0.1) is 5.92 Å². The van der Waals surface area contributed by atoms with E-state index in [4.69, 9.17) is 21.5 Å². The third-order valence-corrected chi connectivity index (χ3v) is 14.2. The van der Waals surface area contributed by atoms with E-state index < -0.39 is 0 Å². The van der Waals surface area contributed by atoms with E-state index >= 15 is 0 Å². The van der Waals surface area contributed by atoms with Gasteiger partial charge in [-0.25, -0.2) is 15.0 Å². The zero-order chi connectivity index (χ0) is 46.2. The highest BCUT2D eigenvalue weighted by molar-refractivity contribution is 6.24. The van der Waals surface area contributed by atoms with E-state index in [0.29, 0.717) is 23.9 Å². The van der Waals surface area contributed by atoms with E-state index in [1.165, 1.54) is 32.3 Å². The van der Waals surface area contributed by atoms with Crippen molar-refractivity contribution in [2.45, 2.75) is 19.3 Å². The number of aromatic nitrogens is 5. The van der Waals surface area contributed by atoms with Crippen molar-refractivity contribution in [3.8, 4) is 45.6 Å². The molecule has 1 aliphatic rings. The maximum Gasteiger partial charge on any atom is 0.166 e. The fourth-order valence-electron chi connectivity index (χ4n) is 10.9. The molecule has 9 aromatic carbocycles. The molecule has 0 aliphatic heterocycles. The van der Waals surface area contributed by atoms with Crippen molar-refractivity contribution in [3.63, 3.8) is 0 Å². The Bertz CT molecular complexity index is 4100. The SMILES string of the molecule is C=C1/C=C\C(C)C(c2c(O)cccc2-c2nc(-c3ccccc3)nc(-c3cccc4c5ccccc5n(-c5ccccc5)c34)n2)C/C=C\1n1c2cc3ccccc3cc2c2c3ccccc3ccc21. The molecule has 3 aromatic heterocycles. The van der Waals surface area contributed by atoms with Gasteiger partial charge in [-0.05, 0) is 93.9 Å². The van der Waals surface area contributed by atoms with Crippen LogP contribution in [0.2, 0.25) is 0 Å². The number of para-hydroxylation sites is 3. The molecule has 6 nitrogen and oxygen atoms in total. The lowest BCUT2D eigenvalue weighted by Crippen LogP contribution is -2.13. The van der Waals surface area contributed by atoms with Gasteiger partial charge in [-0.1, -0.05) is 177 Å². The molecule has 0 radical (unpaired) electrons. The largest absolute Gasteiger partial charge is 0.508 e. The number of rotatable bonds is 6. The summed E-state index contributed by atoms with van der Waals surface area (Å²) >= 11 is 0. The molecule has 0 bridgehead atoms. The number of benzene rings is 9. The number of aromatic hydroxyl groups is 1. The molecule has 12 aromatic rings. The summed E-state index contributed by atoms with van der Waals surface area (Å²) in [6.45, 7) is 6.91. The van der Waals surface area contributed by atoms with Crippen LogP contribution < -0.4 is 0 Å². The molecular weight excluding hydrogens is 843 g/mol. The molecule has 0 fully saturated rings. The first-order chi connectivity index (χ1) is 34.0. The summed E-state index contributed by atoms with van der Waals surface area (Å²) in [5.74, 6) is 1.67. The van der Waals surface area contributed by atoms with Gasteiger partial charge in [0.15, 0.2) is 17.5 Å². The minimum absolute atomic E-state index is 0.0165. The first kappa shape index (κ1) is 40.4. The van der Waals surface area contributed by atoms with Crippen molar-refractivity contribution < 1.29 is 5.11 Å². The highest BCUT2D eigenvalue weighted by Gasteiger charge is 2.29. The number of hydrogen-bond acceptors (Lipinski definition) is 4. The predicted molar refractivity (Wildman–Crippen MR) is 286 cm³/mol. The molecule has 1 N–H and O–H groups in total. The van der Waals surface area contributed by atoms with Crippen LogP contribution >= 0.6 is 0 Å². The Morgan fingerprint density at radius 2 is 1.16 bits per heavy atom. The van der Waals surface area contributed by atoms with Crippen molar-refractivity contribution in [1.82, 2.24) is 24.1 Å². The number of phenolic OH excluding ortho intramolecular Hbond substituents is 1. The van der Waals surface area contributed by atoms with E-state index in [1.54, 1.807) is 6.07 Å². The number of allylic oxidation sites excluding steroid dienone is 5. The third-order valence-electron chi connectivity index (χ3n) is 14.2. The summed E-state index contributed by atoms with van der Waals surface area (Å²) in [4.78, 5) is 15.9. The summed E-state index contributed by atoms with van der Waals surface area (Å²) in [7, 11) is 0. The normalized spacial score (nSPS) is 16.6. The monoisotopic (exact) mass is 887 g/mol.